The van der Waals surface area contributed by atoms with Crippen LogP contribution in [0, 0.1) is 5.41 Å². The van der Waals surface area contributed by atoms with Gasteiger partial charge in [-0.2, -0.15) is 0 Å². The van der Waals surface area contributed by atoms with Crippen LogP contribution in [0.2, 0.25) is 0 Å². The lowest BCUT2D eigenvalue weighted by atomic mass is 10.1. The molecular formula is C18H20N2O2. The fourth-order valence-electron chi connectivity index (χ4n) is 2.02. The molecule has 4 heteroatoms. The van der Waals surface area contributed by atoms with E-state index in [1.54, 1.807) is 24.3 Å². The van der Waals surface area contributed by atoms with Crippen molar-refractivity contribution in [3.05, 3.63) is 65.7 Å². The molecule has 1 amide bonds. The lowest BCUT2D eigenvalue weighted by Gasteiger charge is -2.08. The Hall–Kier alpha value is -2.62. The first kappa shape index (κ1) is 15.8. The second-order valence-electron chi connectivity index (χ2n) is 5.00. The number of nitrogens with one attached hydrogen (secondary N) is 2. The van der Waals surface area contributed by atoms with Crippen molar-refractivity contribution in [2.45, 2.75) is 26.2 Å². The van der Waals surface area contributed by atoms with E-state index in [1.165, 1.54) is 5.56 Å². The second-order valence-corrected chi connectivity index (χ2v) is 5.00. The summed E-state index contributed by atoms with van der Waals surface area (Å²) in [5.74, 6) is 0.490. The van der Waals surface area contributed by atoms with E-state index in [9.17, 15) is 4.79 Å². The Balaban J connectivity index is 1.88. The average Bonchev–Trinajstić information content (AvgIpc) is 2.55. The van der Waals surface area contributed by atoms with Gasteiger partial charge in [0.25, 0.3) is 0 Å². The summed E-state index contributed by atoms with van der Waals surface area (Å²) in [6.07, 6.45) is 2.67. The molecule has 0 unspecified atom stereocenters. The zero-order valence-electron chi connectivity index (χ0n) is 12.6. The monoisotopic (exact) mass is 296 g/mol. The van der Waals surface area contributed by atoms with Crippen molar-refractivity contribution >= 4 is 11.9 Å². The summed E-state index contributed by atoms with van der Waals surface area (Å²) >= 11 is 0. The number of ether oxygens (including phenoxy) is 1. The molecule has 0 radical (unpaired) electrons. The molecule has 4 nitrogen and oxygen atoms in total. The molecule has 0 heterocycles. The smallest absolute Gasteiger partial charge is 0.410 e. The summed E-state index contributed by atoms with van der Waals surface area (Å²) in [5.41, 5.74) is 1.86. The largest absolute Gasteiger partial charge is 0.418 e. The summed E-state index contributed by atoms with van der Waals surface area (Å²) in [7, 11) is 0. The average molecular weight is 296 g/mol. The molecule has 0 atom stereocenters. The Labute approximate surface area is 130 Å². The molecule has 0 bridgehead atoms. The Morgan fingerprint density at radius 1 is 1.09 bits per heavy atom. The van der Waals surface area contributed by atoms with Crippen LogP contribution < -0.4 is 10.1 Å². The first-order valence-corrected chi connectivity index (χ1v) is 7.41. The van der Waals surface area contributed by atoms with Gasteiger partial charge in [-0.3, -0.25) is 10.7 Å². The lowest BCUT2D eigenvalue weighted by Crippen LogP contribution is -2.32. The number of benzene rings is 2. The lowest BCUT2D eigenvalue weighted by molar-refractivity contribution is 0.206. The quantitative estimate of drug-likeness (QED) is 0.643. The minimum absolute atomic E-state index is 0.0187. The van der Waals surface area contributed by atoms with Crippen molar-refractivity contribution in [2.24, 2.45) is 0 Å². The fraction of sp³-hybridized carbons (Fsp3) is 0.222. The molecule has 2 rings (SSSR count). The van der Waals surface area contributed by atoms with Gasteiger partial charge >= 0.3 is 6.09 Å². The van der Waals surface area contributed by atoms with Gasteiger partial charge < -0.3 is 4.74 Å². The van der Waals surface area contributed by atoms with Crippen molar-refractivity contribution in [3.63, 3.8) is 0 Å². The van der Waals surface area contributed by atoms with Gasteiger partial charge in [0.1, 0.15) is 11.6 Å². The van der Waals surface area contributed by atoms with Gasteiger partial charge in [-0.05, 0) is 30.5 Å². The van der Waals surface area contributed by atoms with E-state index in [2.05, 4.69) is 12.2 Å². The van der Waals surface area contributed by atoms with Crippen LogP contribution in [0.15, 0.2) is 54.6 Å². The van der Waals surface area contributed by atoms with Crippen LogP contribution >= 0.6 is 0 Å². The molecule has 0 aliphatic carbocycles. The third kappa shape index (κ3) is 4.74. The number of hydrogen-bond acceptors (Lipinski definition) is 3. The predicted octanol–water partition coefficient (Wildman–Crippen LogP) is 4.14. The normalized spacial score (nSPS) is 10.0. The van der Waals surface area contributed by atoms with Crippen molar-refractivity contribution in [1.29, 1.82) is 5.41 Å². The van der Waals surface area contributed by atoms with Gasteiger partial charge in [0, 0.05) is 5.56 Å². The SMILES string of the molecule is CCCCc1ccc(OC(=O)NC(=N)c2ccccc2)cc1. The van der Waals surface area contributed by atoms with Gasteiger partial charge in [0.05, 0.1) is 0 Å². The van der Waals surface area contributed by atoms with Crippen LogP contribution in [0.5, 0.6) is 5.75 Å². The molecule has 22 heavy (non-hydrogen) atoms. The third-order valence-electron chi connectivity index (χ3n) is 3.24. The highest BCUT2D eigenvalue weighted by atomic mass is 16.6. The van der Waals surface area contributed by atoms with Gasteiger partial charge in [-0.15, -0.1) is 0 Å². The number of rotatable bonds is 5. The number of carbonyl (C=O) groups is 1. The first-order valence-electron chi connectivity index (χ1n) is 7.41. The molecule has 2 aromatic carbocycles. The molecule has 114 valence electrons. The zero-order valence-corrected chi connectivity index (χ0v) is 12.6. The molecule has 0 aromatic heterocycles. The molecule has 0 spiro atoms. The van der Waals surface area contributed by atoms with E-state index < -0.39 is 6.09 Å². The Kier molecular flexibility index (Phi) is 5.72. The van der Waals surface area contributed by atoms with Crippen LogP contribution in [0.4, 0.5) is 4.79 Å². The van der Waals surface area contributed by atoms with Crippen molar-refractivity contribution in [1.82, 2.24) is 5.32 Å². The summed E-state index contributed by atoms with van der Waals surface area (Å²) in [4.78, 5) is 11.8. The van der Waals surface area contributed by atoms with Crippen LogP contribution in [0.3, 0.4) is 0 Å². The summed E-state index contributed by atoms with van der Waals surface area (Å²) in [6, 6.07) is 16.5. The maximum Gasteiger partial charge on any atom is 0.418 e. The number of amides is 1. The zero-order chi connectivity index (χ0) is 15.8. The number of amidine groups is 1. The Bertz CT molecular complexity index is 621. The van der Waals surface area contributed by atoms with Crippen molar-refractivity contribution in [3.8, 4) is 5.75 Å². The molecule has 0 saturated carbocycles. The van der Waals surface area contributed by atoms with Crippen LogP contribution in [0.1, 0.15) is 30.9 Å². The molecular weight excluding hydrogens is 276 g/mol. The van der Waals surface area contributed by atoms with E-state index in [0.717, 1.165) is 19.3 Å². The minimum atomic E-state index is -0.657. The molecule has 2 aromatic rings. The van der Waals surface area contributed by atoms with Gasteiger partial charge in [0.2, 0.25) is 0 Å². The highest BCUT2D eigenvalue weighted by Crippen LogP contribution is 2.14. The number of carbonyl (C=O) groups excluding carboxylic acids is 1. The number of hydrogen-bond donors (Lipinski definition) is 2. The van der Waals surface area contributed by atoms with E-state index in [-0.39, 0.29) is 5.84 Å². The van der Waals surface area contributed by atoms with E-state index in [4.69, 9.17) is 10.1 Å². The molecule has 0 aliphatic heterocycles. The van der Waals surface area contributed by atoms with Gasteiger partial charge in [-0.1, -0.05) is 55.8 Å². The standard InChI is InChI=1S/C18H20N2O2/c1-2-3-7-14-10-12-16(13-11-14)22-18(21)20-17(19)15-8-5-4-6-9-15/h4-6,8-13H,2-3,7H2,1H3,(H2,19,20,21). The van der Waals surface area contributed by atoms with Gasteiger partial charge in [-0.25, -0.2) is 4.79 Å². The summed E-state index contributed by atoms with van der Waals surface area (Å²) in [6.45, 7) is 2.16. The van der Waals surface area contributed by atoms with Crippen molar-refractivity contribution in [2.75, 3.05) is 0 Å². The molecule has 0 fully saturated rings. The van der Waals surface area contributed by atoms with Crippen molar-refractivity contribution < 1.29 is 9.53 Å². The Morgan fingerprint density at radius 3 is 2.41 bits per heavy atom. The number of aryl methyl sites for hydroxylation is 1. The van der Waals surface area contributed by atoms with Crippen LogP contribution in [-0.4, -0.2) is 11.9 Å². The maximum atomic E-state index is 11.8. The minimum Gasteiger partial charge on any atom is -0.410 e. The highest BCUT2D eigenvalue weighted by Gasteiger charge is 2.08. The predicted molar refractivity (Wildman–Crippen MR) is 87.5 cm³/mol. The van der Waals surface area contributed by atoms with Crippen LogP contribution in [0.25, 0.3) is 0 Å². The maximum absolute atomic E-state index is 11.8. The molecule has 0 saturated heterocycles. The summed E-state index contributed by atoms with van der Waals surface area (Å²) in [5, 5.41) is 10.2. The fourth-order valence-corrected chi connectivity index (χ4v) is 2.02. The van der Waals surface area contributed by atoms with Crippen LogP contribution in [-0.2, 0) is 6.42 Å². The second kappa shape index (κ2) is 7.98. The topological polar surface area (TPSA) is 62.2 Å². The van der Waals surface area contributed by atoms with Gasteiger partial charge in [0.15, 0.2) is 0 Å². The third-order valence-corrected chi connectivity index (χ3v) is 3.24. The number of unbranched alkanes of at least 4 members (excludes halogenated alkanes) is 1. The molecule has 0 aliphatic rings. The Morgan fingerprint density at radius 2 is 1.77 bits per heavy atom. The van der Waals surface area contributed by atoms with E-state index in [1.807, 2.05) is 30.3 Å². The van der Waals surface area contributed by atoms with E-state index >= 15 is 0 Å². The first-order chi connectivity index (χ1) is 10.7. The summed E-state index contributed by atoms with van der Waals surface area (Å²) < 4.78 is 5.18. The molecule has 2 N–H and O–H groups in total. The van der Waals surface area contributed by atoms with E-state index in [0.29, 0.717) is 11.3 Å². The highest BCUT2D eigenvalue weighted by molar-refractivity contribution is 6.04.